The van der Waals surface area contributed by atoms with Crippen LogP contribution in [0.25, 0.3) is 0 Å². The zero-order valence-electron chi connectivity index (χ0n) is 13.3. The van der Waals surface area contributed by atoms with Gasteiger partial charge in [0.05, 0.1) is 34.3 Å². The smallest absolute Gasteiger partial charge is 0.296 e. The molecule has 0 saturated heterocycles. The first-order valence-corrected chi connectivity index (χ1v) is 10.2. The highest BCUT2D eigenvalue weighted by Gasteiger charge is 2.17. The van der Waals surface area contributed by atoms with Gasteiger partial charge in [0.15, 0.2) is 9.84 Å². The molecule has 2 aromatic carbocycles. The SMILES string of the molecule is Nc1cc(N)c(S(=O)(=O)O)cc1N=Nc1ccc(S(=O)(=O)CCO)cc1. The summed E-state index contributed by atoms with van der Waals surface area (Å²) < 4.78 is 55.3. The number of azo groups is 1. The van der Waals surface area contributed by atoms with Crippen LogP contribution in [-0.2, 0) is 20.0 Å². The molecule has 0 aliphatic heterocycles. The molecular weight excluding hydrogens is 384 g/mol. The van der Waals surface area contributed by atoms with Crippen molar-refractivity contribution in [3.63, 3.8) is 0 Å². The lowest BCUT2D eigenvalue weighted by Gasteiger charge is -2.06. The Morgan fingerprint density at radius 3 is 2.08 bits per heavy atom. The van der Waals surface area contributed by atoms with Gasteiger partial charge >= 0.3 is 0 Å². The van der Waals surface area contributed by atoms with Gasteiger partial charge in [-0.3, -0.25) is 4.55 Å². The Labute approximate surface area is 149 Å². The van der Waals surface area contributed by atoms with Crippen LogP contribution in [0.2, 0.25) is 0 Å². The highest BCUT2D eigenvalue weighted by Crippen LogP contribution is 2.32. The number of sulfone groups is 1. The lowest BCUT2D eigenvalue weighted by atomic mass is 10.2. The molecule has 0 saturated carbocycles. The fourth-order valence-electron chi connectivity index (χ4n) is 1.98. The summed E-state index contributed by atoms with van der Waals surface area (Å²) in [5.41, 5.74) is 11.2. The van der Waals surface area contributed by atoms with Crippen molar-refractivity contribution in [3.05, 3.63) is 36.4 Å². The number of nitrogen functional groups attached to an aromatic ring is 2. The molecule has 0 radical (unpaired) electrons. The molecule has 0 unspecified atom stereocenters. The lowest BCUT2D eigenvalue weighted by Crippen LogP contribution is -2.09. The maximum absolute atomic E-state index is 11.8. The van der Waals surface area contributed by atoms with Gasteiger partial charge in [-0.2, -0.15) is 13.5 Å². The zero-order chi connectivity index (χ0) is 19.5. The van der Waals surface area contributed by atoms with Crippen LogP contribution in [0.3, 0.4) is 0 Å². The zero-order valence-corrected chi connectivity index (χ0v) is 14.9. The van der Waals surface area contributed by atoms with Crippen LogP contribution in [0, 0.1) is 0 Å². The minimum absolute atomic E-state index is 0.0196. The Morgan fingerprint density at radius 1 is 0.923 bits per heavy atom. The van der Waals surface area contributed by atoms with Crippen LogP contribution in [0.1, 0.15) is 0 Å². The van der Waals surface area contributed by atoms with Gasteiger partial charge in [0.25, 0.3) is 10.1 Å². The van der Waals surface area contributed by atoms with Crippen molar-refractivity contribution in [2.75, 3.05) is 23.8 Å². The van der Waals surface area contributed by atoms with Gasteiger partial charge in [-0.25, -0.2) is 8.42 Å². The molecule has 0 aliphatic carbocycles. The van der Waals surface area contributed by atoms with Crippen molar-refractivity contribution < 1.29 is 26.5 Å². The molecule has 2 rings (SSSR count). The molecule has 6 N–H and O–H groups in total. The van der Waals surface area contributed by atoms with Crippen LogP contribution in [0.15, 0.2) is 56.4 Å². The number of nitrogens with two attached hydrogens (primary N) is 2. The van der Waals surface area contributed by atoms with Gasteiger partial charge in [-0.1, -0.05) is 0 Å². The average Bonchev–Trinajstić information content (AvgIpc) is 2.53. The first-order valence-electron chi connectivity index (χ1n) is 7.06. The predicted octanol–water partition coefficient (Wildman–Crippen LogP) is 1.28. The molecule has 0 fully saturated rings. The van der Waals surface area contributed by atoms with Gasteiger partial charge in [-0.15, -0.1) is 5.11 Å². The van der Waals surface area contributed by atoms with E-state index in [0.717, 1.165) is 12.1 Å². The molecule has 10 nitrogen and oxygen atoms in total. The molecule has 0 bridgehead atoms. The molecule has 0 heterocycles. The van der Waals surface area contributed by atoms with Crippen molar-refractivity contribution in [3.8, 4) is 0 Å². The van der Waals surface area contributed by atoms with E-state index in [1.54, 1.807) is 0 Å². The highest BCUT2D eigenvalue weighted by molar-refractivity contribution is 7.91. The van der Waals surface area contributed by atoms with E-state index >= 15 is 0 Å². The van der Waals surface area contributed by atoms with Crippen LogP contribution in [0.5, 0.6) is 0 Å². The second-order valence-electron chi connectivity index (χ2n) is 5.16. The summed E-state index contributed by atoms with van der Waals surface area (Å²) in [6, 6.07) is 7.46. The molecule has 140 valence electrons. The monoisotopic (exact) mass is 400 g/mol. The second-order valence-corrected chi connectivity index (χ2v) is 8.66. The van der Waals surface area contributed by atoms with E-state index in [4.69, 9.17) is 21.1 Å². The third-order valence-electron chi connectivity index (χ3n) is 3.27. The van der Waals surface area contributed by atoms with E-state index in [1.165, 1.54) is 24.3 Å². The van der Waals surface area contributed by atoms with E-state index in [0.29, 0.717) is 0 Å². The summed E-state index contributed by atoms with van der Waals surface area (Å²) in [4.78, 5) is -0.530. The van der Waals surface area contributed by atoms with E-state index in [2.05, 4.69) is 10.2 Å². The number of nitrogens with zero attached hydrogens (tertiary/aromatic N) is 2. The van der Waals surface area contributed by atoms with Crippen molar-refractivity contribution in [1.29, 1.82) is 0 Å². The third-order valence-corrected chi connectivity index (χ3v) is 5.89. The van der Waals surface area contributed by atoms with Crippen molar-refractivity contribution in [2.45, 2.75) is 9.79 Å². The van der Waals surface area contributed by atoms with Crippen LogP contribution >= 0.6 is 0 Å². The number of anilines is 2. The molecule has 0 aliphatic rings. The number of hydrogen-bond acceptors (Lipinski definition) is 9. The number of aliphatic hydroxyl groups excluding tert-OH is 1. The summed E-state index contributed by atoms with van der Waals surface area (Å²) in [5, 5.41) is 16.4. The average molecular weight is 400 g/mol. The molecule has 0 aromatic heterocycles. The first kappa shape index (κ1) is 19.8. The number of hydrogen-bond donors (Lipinski definition) is 4. The topological polar surface area (TPSA) is 185 Å². The fraction of sp³-hybridized carbons (Fsp3) is 0.143. The lowest BCUT2D eigenvalue weighted by molar-refractivity contribution is 0.319. The second kappa shape index (κ2) is 7.37. The van der Waals surface area contributed by atoms with Gasteiger partial charge in [0, 0.05) is 0 Å². The van der Waals surface area contributed by atoms with Crippen molar-refractivity contribution >= 4 is 42.7 Å². The predicted molar refractivity (Wildman–Crippen MR) is 94.8 cm³/mol. The van der Waals surface area contributed by atoms with Gasteiger partial charge in [-0.05, 0) is 36.4 Å². The maximum Gasteiger partial charge on any atom is 0.296 e. The van der Waals surface area contributed by atoms with Crippen LogP contribution in [-0.4, -0.2) is 38.9 Å². The minimum atomic E-state index is -4.55. The number of rotatable bonds is 6. The van der Waals surface area contributed by atoms with Crippen molar-refractivity contribution in [1.82, 2.24) is 0 Å². The van der Waals surface area contributed by atoms with E-state index in [9.17, 15) is 16.8 Å². The van der Waals surface area contributed by atoms with Crippen LogP contribution in [0.4, 0.5) is 22.7 Å². The Bertz CT molecular complexity index is 1050. The molecule has 26 heavy (non-hydrogen) atoms. The highest BCUT2D eigenvalue weighted by atomic mass is 32.2. The molecule has 2 aromatic rings. The van der Waals surface area contributed by atoms with Crippen molar-refractivity contribution in [2.24, 2.45) is 10.2 Å². The molecular formula is C14H16N4O6S2. The Morgan fingerprint density at radius 2 is 1.54 bits per heavy atom. The summed E-state index contributed by atoms with van der Waals surface area (Å²) in [7, 11) is -8.13. The molecule has 0 atom stereocenters. The Balaban J connectivity index is 2.33. The largest absolute Gasteiger partial charge is 0.398 e. The Hall–Kier alpha value is -2.54. The fourth-order valence-corrected chi connectivity index (χ4v) is 3.63. The molecule has 0 spiro atoms. The van der Waals surface area contributed by atoms with Gasteiger partial charge in [0.2, 0.25) is 0 Å². The number of benzene rings is 2. The summed E-state index contributed by atoms with van der Waals surface area (Å²) in [5.74, 6) is -0.395. The van der Waals surface area contributed by atoms with Gasteiger partial charge in [0.1, 0.15) is 10.6 Å². The van der Waals surface area contributed by atoms with Crippen LogP contribution < -0.4 is 11.5 Å². The summed E-state index contributed by atoms with van der Waals surface area (Å²) >= 11 is 0. The number of aliphatic hydroxyl groups is 1. The molecule has 0 amide bonds. The Kier molecular flexibility index (Phi) is 5.61. The summed E-state index contributed by atoms with van der Waals surface area (Å²) in [6.07, 6.45) is 0. The third kappa shape index (κ3) is 4.54. The normalized spacial score (nSPS) is 12.5. The maximum atomic E-state index is 11.8. The van der Waals surface area contributed by atoms with E-state index < -0.39 is 37.2 Å². The quantitative estimate of drug-likeness (QED) is 0.317. The van der Waals surface area contributed by atoms with E-state index in [-0.39, 0.29) is 27.6 Å². The van der Waals surface area contributed by atoms with E-state index in [1.807, 2.05) is 0 Å². The first-order chi connectivity index (χ1) is 12.0. The standard InChI is InChI=1S/C14H16N4O6S2/c15-11-7-12(16)14(26(22,23)24)8-13(11)18-17-9-1-3-10(4-2-9)25(20,21)6-5-19/h1-4,7-8,19H,5-6,15-16H2,(H,22,23,24). The minimum Gasteiger partial charge on any atom is -0.398 e. The van der Waals surface area contributed by atoms with Gasteiger partial charge < -0.3 is 16.6 Å². The molecule has 12 heteroatoms. The summed E-state index contributed by atoms with van der Waals surface area (Å²) in [6.45, 7) is -0.490.